The number of fused-ring (bicyclic) bond motifs is 18. The highest BCUT2D eigenvalue weighted by Gasteiger charge is 2.33. The lowest BCUT2D eigenvalue weighted by molar-refractivity contribution is 1.03. The van der Waals surface area contributed by atoms with Gasteiger partial charge in [-0.25, -0.2) is 24.9 Å². The molecule has 0 aliphatic carbocycles. The molecule has 0 N–H and O–H groups in total. The van der Waals surface area contributed by atoms with E-state index < -0.39 is 0 Å². The van der Waals surface area contributed by atoms with Crippen molar-refractivity contribution in [1.82, 2.24) is 52.3 Å². The van der Waals surface area contributed by atoms with Crippen molar-refractivity contribution < 1.29 is 0 Å². The lowest BCUT2D eigenvalue weighted by Gasteiger charge is -2.24. The van der Waals surface area contributed by atoms with E-state index in [0.29, 0.717) is 23.3 Å². The van der Waals surface area contributed by atoms with Gasteiger partial charge in [-0.15, -0.1) is 0 Å². The second-order valence-electron chi connectivity index (χ2n) is 32.5. The standard InChI is InChI=1S/C115H71N11/c1-4-34-72(35-5-1)91-71-92(73-36-6-2-7-37-73)117-114(116-91)89-66-69-106(111(126-101-62-29-18-50-86(101)87-51-19-30-63-102(87)126)108(89)123-95-56-23-12-44-80(95)81-45-13-24-57-96(81)123)122-103-64-31-20-52-88(103)107-77(53-33-65-104(107)122)75-40-32-41-76(70-75)113-118-112(74-38-8-3-9-39-74)119-115(120-113)90-67-68-105(121-93-54-21-10-42-78(93)79-43-11-22-55-94(79)121)110(125-99-60-27-16-48-84(99)85-49-17-28-61-100(85)125)109(90)124-97-58-25-14-46-82(97)83-47-15-26-59-98(83)124/h1-71H. The SMILES string of the molecule is c1ccc(-c2cc(-c3ccccc3)nc(-c3ccc(-n4c5ccccc5c5c(-c6cccc(-c7nc(-c8ccccc8)nc(-c8ccc(-n9c%10ccccc%10c%10ccccc%109)c(-n9c%10ccccc%10c%10ccccc%109)c8-n8c9ccccc9c9ccccc98)n7)c6)cccc54)c(-n4c5ccccc5c5ccccc54)c3-n3c4ccccc4c4ccccc43)n2)cc1. The number of benzene rings is 18. The molecule has 11 heteroatoms. The Labute approximate surface area is 722 Å². The maximum Gasteiger partial charge on any atom is 0.166 e. The van der Waals surface area contributed by atoms with Crippen molar-refractivity contribution in [3.63, 3.8) is 0 Å². The van der Waals surface area contributed by atoms with Crippen LogP contribution in [-0.2, 0) is 0 Å². The molecule has 0 fully saturated rings. The topological polar surface area (TPSA) is 94.0 Å². The smallest absolute Gasteiger partial charge is 0.166 e. The molecule has 0 bridgehead atoms. The quantitative estimate of drug-likeness (QED) is 0.115. The molecule has 0 spiro atoms. The zero-order valence-corrected chi connectivity index (χ0v) is 67.9. The van der Waals surface area contributed by atoms with E-state index in [0.717, 1.165) is 210 Å². The molecule has 18 aromatic carbocycles. The monoisotopic (exact) mass is 1610 g/mol. The van der Waals surface area contributed by atoms with Gasteiger partial charge < -0.3 is 27.4 Å². The molecule has 0 unspecified atom stereocenters. The van der Waals surface area contributed by atoms with Gasteiger partial charge in [-0.3, -0.25) is 0 Å². The normalized spacial score (nSPS) is 12.0. The highest BCUT2D eigenvalue weighted by molar-refractivity contribution is 6.19. The summed E-state index contributed by atoms with van der Waals surface area (Å²) in [6.07, 6.45) is 0. The van der Waals surface area contributed by atoms with Crippen LogP contribution in [0.15, 0.2) is 431 Å². The molecule has 26 aromatic rings. The Kier molecular flexibility index (Phi) is 15.8. The summed E-state index contributed by atoms with van der Waals surface area (Å²) >= 11 is 0. The van der Waals surface area contributed by atoms with E-state index in [2.05, 4.69) is 452 Å². The summed E-state index contributed by atoms with van der Waals surface area (Å²) in [6, 6.07) is 156. The minimum atomic E-state index is 0.513. The number of rotatable bonds is 13. The molecule has 0 amide bonds. The van der Waals surface area contributed by atoms with E-state index in [-0.39, 0.29) is 0 Å². The molecule has 0 aliphatic rings. The minimum Gasteiger partial charge on any atom is -0.307 e. The number of aromatic nitrogens is 11. The van der Waals surface area contributed by atoms with Gasteiger partial charge in [0.1, 0.15) is 0 Å². The Bertz CT molecular complexity index is 8670. The second-order valence-corrected chi connectivity index (χ2v) is 32.5. The summed E-state index contributed by atoms with van der Waals surface area (Å²) in [6.45, 7) is 0. The summed E-state index contributed by atoms with van der Waals surface area (Å²) in [5, 5.41) is 13.6. The van der Waals surface area contributed by atoms with Crippen LogP contribution in [0, 0.1) is 0 Å². The van der Waals surface area contributed by atoms with Crippen LogP contribution in [0.2, 0.25) is 0 Å². The first-order valence-electron chi connectivity index (χ1n) is 42.8. The first-order chi connectivity index (χ1) is 62.6. The lowest BCUT2D eigenvalue weighted by atomic mass is 9.97. The van der Waals surface area contributed by atoms with Gasteiger partial charge in [0.25, 0.3) is 0 Å². The maximum atomic E-state index is 5.90. The van der Waals surface area contributed by atoms with Crippen LogP contribution in [0.4, 0.5) is 0 Å². The third kappa shape index (κ3) is 10.7. The highest BCUT2D eigenvalue weighted by atomic mass is 15.1. The van der Waals surface area contributed by atoms with Gasteiger partial charge in [-0.2, -0.15) is 0 Å². The van der Waals surface area contributed by atoms with Crippen LogP contribution in [-0.4, -0.2) is 52.3 Å². The largest absolute Gasteiger partial charge is 0.307 e. The van der Waals surface area contributed by atoms with Crippen molar-refractivity contribution in [2.75, 3.05) is 0 Å². The van der Waals surface area contributed by atoms with Crippen LogP contribution >= 0.6 is 0 Å². The molecular weight excluding hydrogens is 1540 g/mol. The molecule has 26 rings (SSSR count). The van der Waals surface area contributed by atoms with Crippen molar-refractivity contribution in [3.8, 4) is 113 Å². The number of hydrogen-bond donors (Lipinski definition) is 0. The lowest BCUT2D eigenvalue weighted by Crippen LogP contribution is -2.12. The average Bonchev–Trinajstić information content (AvgIpc) is 1.53. The minimum absolute atomic E-state index is 0.513. The summed E-state index contributed by atoms with van der Waals surface area (Å²) < 4.78 is 15.0. The van der Waals surface area contributed by atoms with Crippen LogP contribution in [0.5, 0.6) is 0 Å². The van der Waals surface area contributed by atoms with Gasteiger partial charge in [-0.1, -0.05) is 322 Å². The zero-order valence-electron chi connectivity index (χ0n) is 67.9. The number of para-hydroxylation sites is 11. The summed E-state index contributed by atoms with van der Waals surface area (Å²) in [5.41, 5.74) is 27.4. The predicted octanol–water partition coefficient (Wildman–Crippen LogP) is 28.9. The summed E-state index contributed by atoms with van der Waals surface area (Å²) in [7, 11) is 0. The molecule has 0 aliphatic heterocycles. The molecule has 126 heavy (non-hydrogen) atoms. The Morgan fingerprint density at radius 3 is 0.770 bits per heavy atom. The molecule has 0 saturated heterocycles. The number of nitrogens with zero attached hydrogens (tertiary/aromatic N) is 11. The van der Waals surface area contributed by atoms with E-state index in [1.807, 2.05) is 6.07 Å². The van der Waals surface area contributed by atoms with E-state index >= 15 is 0 Å². The van der Waals surface area contributed by atoms with Crippen LogP contribution in [0.25, 0.3) is 244 Å². The van der Waals surface area contributed by atoms with E-state index in [1.54, 1.807) is 0 Å². The Morgan fingerprint density at radius 1 is 0.143 bits per heavy atom. The van der Waals surface area contributed by atoms with Crippen molar-refractivity contribution in [1.29, 1.82) is 0 Å². The number of hydrogen-bond acceptors (Lipinski definition) is 5. The fraction of sp³-hybridized carbons (Fsp3) is 0. The Morgan fingerprint density at radius 2 is 0.397 bits per heavy atom. The summed E-state index contributed by atoms with van der Waals surface area (Å²) in [4.78, 5) is 28.7. The Hall–Kier alpha value is -17.2. The first kappa shape index (κ1) is 70.7. The van der Waals surface area contributed by atoms with Crippen molar-refractivity contribution in [2.24, 2.45) is 0 Å². The average molecular weight is 1610 g/mol. The molecule has 586 valence electrons. The van der Waals surface area contributed by atoms with Crippen LogP contribution in [0.3, 0.4) is 0 Å². The third-order valence-corrected chi connectivity index (χ3v) is 25.7. The van der Waals surface area contributed by atoms with Gasteiger partial charge in [0.15, 0.2) is 23.3 Å². The van der Waals surface area contributed by atoms with E-state index in [9.17, 15) is 0 Å². The van der Waals surface area contributed by atoms with E-state index in [1.165, 1.54) is 10.8 Å². The molecule has 0 radical (unpaired) electrons. The Balaban J connectivity index is 0.737. The second kappa shape index (κ2) is 28.2. The van der Waals surface area contributed by atoms with Gasteiger partial charge in [-0.05, 0) is 120 Å². The van der Waals surface area contributed by atoms with Crippen LogP contribution < -0.4 is 0 Å². The van der Waals surface area contributed by atoms with Crippen LogP contribution in [0.1, 0.15) is 0 Å². The zero-order chi connectivity index (χ0) is 82.6. The molecule has 11 nitrogen and oxygen atoms in total. The fourth-order valence-electron chi connectivity index (χ4n) is 20.4. The fourth-order valence-corrected chi connectivity index (χ4v) is 20.4. The van der Waals surface area contributed by atoms with Crippen molar-refractivity contribution in [3.05, 3.63) is 431 Å². The molecule has 0 atom stereocenters. The highest BCUT2D eigenvalue weighted by Crippen LogP contribution is 2.51. The van der Waals surface area contributed by atoms with Gasteiger partial charge in [0.2, 0.25) is 0 Å². The van der Waals surface area contributed by atoms with Gasteiger partial charge in [0, 0.05) is 98.0 Å². The third-order valence-electron chi connectivity index (χ3n) is 25.7. The molecule has 0 saturated carbocycles. The van der Waals surface area contributed by atoms with Crippen molar-refractivity contribution >= 4 is 131 Å². The predicted molar refractivity (Wildman–Crippen MR) is 520 cm³/mol. The summed E-state index contributed by atoms with van der Waals surface area (Å²) in [5.74, 6) is 2.17. The molecule has 8 heterocycles. The maximum absolute atomic E-state index is 5.90. The van der Waals surface area contributed by atoms with Crippen molar-refractivity contribution in [2.45, 2.75) is 0 Å². The first-order valence-corrected chi connectivity index (χ1v) is 42.8. The van der Waals surface area contributed by atoms with Gasteiger partial charge >= 0.3 is 0 Å². The molecular formula is C115H71N11. The molecule has 8 aromatic heterocycles. The van der Waals surface area contributed by atoms with E-state index in [4.69, 9.17) is 24.9 Å². The van der Waals surface area contributed by atoms with Gasteiger partial charge in [0.05, 0.1) is 112 Å².